The first-order valence-electron chi connectivity index (χ1n) is 4.69. The molecular weight excluding hydrogens is 167 g/mol. The van der Waals surface area contributed by atoms with Gasteiger partial charge in [0, 0.05) is 12.6 Å². The van der Waals surface area contributed by atoms with E-state index in [9.17, 15) is 4.39 Å². The van der Waals surface area contributed by atoms with Gasteiger partial charge in [-0.1, -0.05) is 12.5 Å². The second kappa shape index (κ2) is 3.83. The number of nitrogens with zero attached hydrogens (tertiary/aromatic N) is 1. The molecule has 2 nitrogen and oxygen atoms in total. The molecule has 3 heteroatoms. The van der Waals surface area contributed by atoms with Crippen LogP contribution in [0, 0.1) is 5.95 Å². The third kappa shape index (κ3) is 2.25. The van der Waals surface area contributed by atoms with Crippen LogP contribution in [0.15, 0.2) is 18.2 Å². The average molecular weight is 180 g/mol. The maximum Gasteiger partial charge on any atom is 0.213 e. The van der Waals surface area contributed by atoms with Gasteiger partial charge in [0.05, 0.1) is 5.69 Å². The zero-order valence-electron chi connectivity index (χ0n) is 7.46. The van der Waals surface area contributed by atoms with E-state index in [0.717, 1.165) is 5.69 Å². The van der Waals surface area contributed by atoms with Crippen molar-refractivity contribution >= 4 is 0 Å². The topological polar surface area (TPSA) is 24.9 Å². The van der Waals surface area contributed by atoms with Gasteiger partial charge in [-0.3, -0.25) is 0 Å². The minimum absolute atomic E-state index is 0.395. The van der Waals surface area contributed by atoms with Crippen molar-refractivity contribution in [3.8, 4) is 0 Å². The summed E-state index contributed by atoms with van der Waals surface area (Å²) in [5.41, 5.74) is 0.784. The monoisotopic (exact) mass is 180 g/mol. The standard InChI is InChI=1S/C10H13FN2/c11-10-6-2-5-9(13-10)7-12-8-3-1-4-8/h2,5-6,8,12H,1,3-4,7H2. The molecular formula is C10H13FN2. The summed E-state index contributed by atoms with van der Waals surface area (Å²) in [4.78, 5) is 3.77. The SMILES string of the molecule is Fc1cccc(CNC2CCC2)n1. The molecule has 1 saturated carbocycles. The molecule has 0 radical (unpaired) electrons. The normalized spacial score (nSPS) is 17.0. The predicted molar refractivity (Wildman–Crippen MR) is 48.7 cm³/mol. The summed E-state index contributed by atoms with van der Waals surface area (Å²) in [6.07, 6.45) is 3.80. The number of aromatic nitrogens is 1. The lowest BCUT2D eigenvalue weighted by Crippen LogP contribution is -2.34. The van der Waals surface area contributed by atoms with Crippen LogP contribution < -0.4 is 5.32 Å². The van der Waals surface area contributed by atoms with Gasteiger partial charge in [0.1, 0.15) is 0 Å². The molecule has 13 heavy (non-hydrogen) atoms. The first-order valence-corrected chi connectivity index (χ1v) is 4.69. The fraction of sp³-hybridized carbons (Fsp3) is 0.500. The molecule has 70 valence electrons. The summed E-state index contributed by atoms with van der Waals surface area (Å²) < 4.78 is 12.6. The molecule has 0 saturated heterocycles. The van der Waals surface area contributed by atoms with E-state index in [2.05, 4.69) is 10.3 Å². The van der Waals surface area contributed by atoms with Crippen molar-refractivity contribution in [2.75, 3.05) is 0 Å². The molecule has 0 unspecified atom stereocenters. The van der Waals surface area contributed by atoms with Gasteiger partial charge in [0.25, 0.3) is 0 Å². The Morgan fingerprint density at radius 3 is 2.92 bits per heavy atom. The highest BCUT2D eigenvalue weighted by atomic mass is 19.1. The molecule has 2 rings (SSSR count). The van der Waals surface area contributed by atoms with Crippen LogP contribution in [0.3, 0.4) is 0 Å². The molecule has 1 aliphatic rings. The second-order valence-corrected chi connectivity index (χ2v) is 3.46. The summed E-state index contributed by atoms with van der Waals surface area (Å²) >= 11 is 0. The van der Waals surface area contributed by atoms with E-state index >= 15 is 0 Å². The van der Waals surface area contributed by atoms with E-state index in [1.165, 1.54) is 25.3 Å². The van der Waals surface area contributed by atoms with Crippen LogP contribution in [0.4, 0.5) is 4.39 Å². The largest absolute Gasteiger partial charge is 0.308 e. The van der Waals surface area contributed by atoms with Gasteiger partial charge in [0.2, 0.25) is 5.95 Å². The van der Waals surface area contributed by atoms with Crippen molar-refractivity contribution in [2.24, 2.45) is 0 Å². The van der Waals surface area contributed by atoms with Crippen molar-refractivity contribution in [1.29, 1.82) is 0 Å². The fourth-order valence-electron chi connectivity index (χ4n) is 1.41. The Morgan fingerprint density at radius 1 is 1.46 bits per heavy atom. The smallest absolute Gasteiger partial charge is 0.213 e. The molecule has 1 N–H and O–H groups in total. The van der Waals surface area contributed by atoms with Crippen molar-refractivity contribution in [1.82, 2.24) is 10.3 Å². The Kier molecular flexibility index (Phi) is 2.54. The zero-order chi connectivity index (χ0) is 9.10. The van der Waals surface area contributed by atoms with Crippen LogP contribution in [0.5, 0.6) is 0 Å². The summed E-state index contributed by atoms with van der Waals surface area (Å²) in [6, 6.07) is 5.53. The Morgan fingerprint density at radius 2 is 2.31 bits per heavy atom. The summed E-state index contributed by atoms with van der Waals surface area (Å²) in [6.45, 7) is 0.683. The van der Waals surface area contributed by atoms with E-state index in [4.69, 9.17) is 0 Å². The minimum atomic E-state index is -0.395. The van der Waals surface area contributed by atoms with Gasteiger partial charge in [-0.05, 0) is 25.0 Å². The minimum Gasteiger partial charge on any atom is -0.308 e. The molecule has 0 amide bonds. The molecule has 1 fully saturated rings. The quantitative estimate of drug-likeness (QED) is 0.718. The second-order valence-electron chi connectivity index (χ2n) is 3.46. The van der Waals surface area contributed by atoms with E-state index in [1.54, 1.807) is 6.07 Å². The van der Waals surface area contributed by atoms with Crippen molar-refractivity contribution in [2.45, 2.75) is 31.8 Å². The Labute approximate surface area is 77.2 Å². The van der Waals surface area contributed by atoms with Crippen LogP contribution in [-0.2, 0) is 6.54 Å². The predicted octanol–water partition coefficient (Wildman–Crippen LogP) is 1.86. The average Bonchev–Trinajstić information content (AvgIpc) is 2.01. The van der Waals surface area contributed by atoms with Crippen LogP contribution >= 0.6 is 0 Å². The number of hydrogen-bond acceptors (Lipinski definition) is 2. The number of rotatable bonds is 3. The number of nitrogens with one attached hydrogen (secondary N) is 1. The summed E-state index contributed by atoms with van der Waals surface area (Å²) in [7, 11) is 0. The maximum absolute atomic E-state index is 12.6. The highest BCUT2D eigenvalue weighted by Crippen LogP contribution is 2.18. The molecule has 0 aromatic carbocycles. The summed E-state index contributed by atoms with van der Waals surface area (Å²) in [5.74, 6) is -0.395. The van der Waals surface area contributed by atoms with Crippen LogP contribution in [0.2, 0.25) is 0 Å². The van der Waals surface area contributed by atoms with Crippen molar-refractivity contribution < 1.29 is 4.39 Å². The first kappa shape index (κ1) is 8.63. The zero-order valence-corrected chi connectivity index (χ0v) is 7.46. The Bertz CT molecular complexity index is 284. The van der Waals surface area contributed by atoms with Crippen molar-refractivity contribution in [3.63, 3.8) is 0 Å². The summed E-state index contributed by atoms with van der Waals surface area (Å²) in [5, 5.41) is 3.33. The highest BCUT2D eigenvalue weighted by molar-refractivity contribution is 5.04. The van der Waals surface area contributed by atoms with Crippen LogP contribution in [-0.4, -0.2) is 11.0 Å². The molecule has 0 atom stereocenters. The van der Waals surface area contributed by atoms with Gasteiger partial charge in [-0.25, -0.2) is 4.98 Å². The molecule has 0 spiro atoms. The molecule has 1 heterocycles. The Hall–Kier alpha value is -0.960. The van der Waals surface area contributed by atoms with Gasteiger partial charge < -0.3 is 5.32 Å². The van der Waals surface area contributed by atoms with E-state index < -0.39 is 5.95 Å². The van der Waals surface area contributed by atoms with Crippen molar-refractivity contribution in [3.05, 3.63) is 29.8 Å². The van der Waals surface area contributed by atoms with Gasteiger partial charge in [-0.2, -0.15) is 4.39 Å². The fourth-order valence-corrected chi connectivity index (χ4v) is 1.41. The van der Waals surface area contributed by atoms with E-state index in [0.29, 0.717) is 12.6 Å². The van der Waals surface area contributed by atoms with Crippen LogP contribution in [0.25, 0.3) is 0 Å². The number of hydrogen-bond donors (Lipinski definition) is 1. The number of halogens is 1. The molecule has 0 aliphatic heterocycles. The maximum atomic E-state index is 12.6. The third-order valence-corrected chi connectivity index (χ3v) is 2.45. The van der Waals surface area contributed by atoms with Gasteiger partial charge in [0.15, 0.2) is 0 Å². The van der Waals surface area contributed by atoms with Crippen LogP contribution in [0.1, 0.15) is 25.0 Å². The first-order chi connectivity index (χ1) is 6.34. The van der Waals surface area contributed by atoms with E-state index in [1.807, 2.05) is 6.07 Å². The highest BCUT2D eigenvalue weighted by Gasteiger charge is 2.16. The molecule has 1 aromatic rings. The lowest BCUT2D eigenvalue weighted by atomic mass is 9.93. The number of pyridine rings is 1. The van der Waals surface area contributed by atoms with E-state index in [-0.39, 0.29) is 0 Å². The van der Waals surface area contributed by atoms with Gasteiger partial charge >= 0.3 is 0 Å². The van der Waals surface area contributed by atoms with Gasteiger partial charge in [-0.15, -0.1) is 0 Å². The molecule has 0 bridgehead atoms. The lowest BCUT2D eigenvalue weighted by molar-refractivity contribution is 0.336. The molecule has 1 aromatic heterocycles. The lowest BCUT2D eigenvalue weighted by Gasteiger charge is -2.26. The Balaban J connectivity index is 1.86. The molecule has 1 aliphatic carbocycles. The third-order valence-electron chi connectivity index (χ3n) is 2.45.